The van der Waals surface area contributed by atoms with E-state index in [1.165, 1.54) is 33.4 Å². The highest BCUT2D eigenvalue weighted by atomic mass is 15.0. The van der Waals surface area contributed by atoms with E-state index in [0.717, 1.165) is 68.2 Å². The lowest BCUT2D eigenvalue weighted by molar-refractivity contribution is 1.13. The van der Waals surface area contributed by atoms with Crippen molar-refractivity contribution in [3.8, 4) is 51.2 Å². The molecule has 0 spiro atoms. The van der Waals surface area contributed by atoms with Gasteiger partial charge in [0.2, 0.25) is 0 Å². The van der Waals surface area contributed by atoms with Crippen LogP contribution in [0.2, 0.25) is 0 Å². The fourth-order valence-corrected chi connectivity index (χ4v) is 8.01. The Bertz CT molecular complexity index is 2820. The molecular weight excluding hydrogens is 631 g/mol. The predicted octanol–water partition coefficient (Wildman–Crippen LogP) is 12.2. The summed E-state index contributed by atoms with van der Waals surface area (Å²) in [5.41, 5.74) is 17.4. The molecule has 1 aromatic heterocycles. The summed E-state index contributed by atoms with van der Waals surface area (Å²) in [6.45, 7) is 2.21. The summed E-state index contributed by atoms with van der Waals surface area (Å²) in [5, 5.41) is 22.2. The Kier molecular flexibility index (Phi) is 7.62. The first-order valence-corrected chi connectivity index (χ1v) is 17.7. The van der Waals surface area contributed by atoms with Crippen molar-refractivity contribution >= 4 is 33.5 Å². The second-order valence-corrected chi connectivity index (χ2v) is 13.4. The van der Waals surface area contributed by atoms with Crippen molar-refractivity contribution in [2.45, 2.75) is 19.8 Å². The highest BCUT2D eigenvalue weighted by Crippen LogP contribution is 2.43. The maximum absolute atomic E-state index is 10.4. The van der Waals surface area contributed by atoms with Crippen LogP contribution in [0.1, 0.15) is 40.3 Å². The van der Waals surface area contributed by atoms with E-state index in [1.54, 1.807) is 0 Å². The minimum atomic E-state index is 0.583. The Balaban J connectivity index is 1.28. The molecule has 52 heavy (non-hydrogen) atoms. The molecule has 0 saturated heterocycles. The quantitative estimate of drug-likeness (QED) is 0.184. The van der Waals surface area contributed by atoms with E-state index in [9.17, 15) is 10.5 Å². The van der Waals surface area contributed by atoms with Gasteiger partial charge in [-0.15, -0.1) is 0 Å². The van der Waals surface area contributed by atoms with Crippen molar-refractivity contribution in [3.05, 3.63) is 185 Å². The zero-order chi connectivity index (χ0) is 35.2. The maximum atomic E-state index is 10.4. The largest absolute Gasteiger partial charge is 0.309 e. The van der Waals surface area contributed by atoms with E-state index < -0.39 is 0 Å². The van der Waals surface area contributed by atoms with Crippen LogP contribution in [0.3, 0.4) is 0 Å². The van der Waals surface area contributed by atoms with Gasteiger partial charge in [0.25, 0.3) is 0 Å². The Morgan fingerprint density at radius 1 is 0.577 bits per heavy atom. The molecule has 0 atom stereocenters. The number of hydrogen-bond acceptors (Lipinski definition) is 2. The average molecular weight is 664 g/mol. The lowest BCUT2D eigenvalue weighted by Gasteiger charge is -2.24. The minimum absolute atomic E-state index is 0.583. The minimum Gasteiger partial charge on any atom is -0.309 e. The van der Waals surface area contributed by atoms with Crippen molar-refractivity contribution < 1.29 is 0 Å². The van der Waals surface area contributed by atoms with Crippen LogP contribution in [-0.2, 0) is 12.8 Å². The molecule has 0 radical (unpaired) electrons. The van der Waals surface area contributed by atoms with Crippen LogP contribution in [0.15, 0.2) is 152 Å². The fourth-order valence-electron chi connectivity index (χ4n) is 8.01. The van der Waals surface area contributed by atoms with Crippen LogP contribution < -0.4 is 0 Å². The van der Waals surface area contributed by atoms with Gasteiger partial charge in [-0.1, -0.05) is 122 Å². The highest BCUT2D eigenvalue weighted by molar-refractivity contribution is 6.10. The molecule has 9 rings (SSSR count). The molecule has 0 N–H and O–H groups in total. The number of benzene rings is 7. The van der Waals surface area contributed by atoms with Gasteiger partial charge in [-0.05, 0) is 117 Å². The van der Waals surface area contributed by atoms with E-state index >= 15 is 0 Å². The molecule has 0 amide bonds. The monoisotopic (exact) mass is 663 g/mol. The molecule has 0 unspecified atom stereocenters. The lowest BCUT2D eigenvalue weighted by Crippen LogP contribution is -2.04. The third-order valence-electron chi connectivity index (χ3n) is 10.4. The third kappa shape index (κ3) is 5.20. The summed E-state index contributed by atoms with van der Waals surface area (Å²) in [4.78, 5) is 0. The summed E-state index contributed by atoms with van der Waals surface area (Å²) in [5.74, 6) is 0. The molecule has 8 aromatic rings. The molecular formula is C49H33N3. The van der Waals surface area contributed by atoms with Crippen LogP contribution in [0.5, 0.6) is 0 Å². The van der Waals surface area contributed by atoms with Gasteiger partial charge in [-0.25, -0.2) is 0 Å². The van der Waals surface area contributed by atoms with Crippen molar-refractivity contribution in [3.63, 3.8) is 0 Å². The van der Waals surface area contributed by atoms with Crippen LogP contribution >= 0.6 is 0 Å². The fraction of sp³-hybridized carbons (Fsp3) is 0.0612. The number of nitrogens with zero attached hydrogens (tertiary/aromatic N) is 3. The van der Waals surface area contributed by atoms with Crippen LogP contribution in [-0.4, -0.2) is 4.57 Å². The van der Waals surface area contributed by atoms with Gasteiger partial charge in [0.15, 0.2) is 0 Å². The second-order valence-electron chi connectivity index (χ2n) is 13.4. The number of aromatic nitrogens is 1. The molecule has 244 valence electrons. The number of fused-ring (bicyclic) bond motifs is 6. The van der Waals surface area contributed by atoms with Crippen LogP contribution in [0, 0.1) is 22.7 Å². The number of nitriles is 2. The predicted molar refractivity (Wildman–Crippen MR) is 214 cm³/mol. The molecule has 1 aliphatic carbocycles. The topological polar surface area (TPSA) is 52.5 Å². The molecule has 7 aromatic carbocycles. The Labute approximate surface area is 303 Å². The normalized spacial score (nSPS) is 12.7. The van der Waals surface area contributed by atoms with Gasteiger partial charge >= 0.3 is 0 Å². The first-order valence-electron chi connectivity index (χ1n) is 17.7. The van der Waals surface area contributed by atoms with E-state index in [0.29, 0.717) is 11.1 Å². The van der Waals surface area contributed by atoms with Gasteiger partial charge in [0.1, 0.15) is 0 Å². The number of hydrogen-bond donors (Lipinski definition) is 0. The number of para-hydroxylation sites is 1. The number of allylic oxidation sites excluding steroid dienone is 1. The van der Waals surface area contributed by atoms with E-state index in [-0.39, 0.29) is 0 Å². The number of aryl methyl sites for hydroxylation is 1. The second kappa shape index (κ2) is 12.7. The smallest absolute Gasteiger partial charge is 0.0992 e. The zero-order valence-electron chi connectivity index (χ0n) is 28.8. The first kappa shape index (κ1) is 31.1. The Morgan fingerprint density at radius 2 is 1.35 bits per heavy atom. The molecule has 3 nitrogen and oxygen atoms in total. The molecule has 0 saturated carbocycles. The van der Waals surface area contributed by atoms with Crippen LogP contribution in [0.4, 0.5) is 0 Å². The van der Waals surface area contributed by atoms with Gasteiger partial charge in [0, 0.05) is 16.5 Å². The number of rotatable bonds is 5. The summed E-state index contributed by atoms with van der Waals surface area (Å²) in [6.07, 6.45) is 4.22. The van der Waals surface area contributed by atoms with Gasteiger partial charge in [0.05, 0.1) is 34.3 Å². The Hall–Kier alpha value is -6.94. The average Bonchev–Trinajstić information content (AvgIpc) is 3.54. The Morgan fingerprint density at radius 3 is 2.19 bits per heavy atom. The molecule has 3 heteroatoms. The van der Waals surface area contributed by atoms with Crippen molar-refractivity contribution in [1.82, 2.24) is 4.57 Å². The van der Waals surface area contributed by atoms with Gasteiger partial charge in [-0.2, -0.15) is 10.5 Å². The summed E-state index contributed by atoms with van der Waals surface area (Å²) >= 11 is 0. The summed E-state index contributed by atoms with van der Waals surface area (Å²) < 4.78 is 2.21. The summed E-state index contributed by atoms with van der Waals surface area (Å²) in [6, 6.07) is 57.8. The van der Waals surface area contributed by atoms with E-state index in [2.05, 4.69) is 139 Å². The van der Waals surface area contributed by atoms with E-state index in [1.807, 2.05) is 42.5 Å². The molecule has 1 heterocycles. The molecule has 0 bridgehead atoms. The van der Waals surface area contributed by atoms with Gasteiger partial charge < -0.3 is 4.57 Å². The van der Waals surface area contributed by atoms with Crippen molar-refractivity contribution in [2.75, 3.05) is 0 Å². The van der Waals surface area contributed by atoms with Crippen molar-refractivity contribution in [1.29, 1.82) is 10.5 Å². The summed E-state index contributed by atoms with van der Waals surface area (Å²) in [7, 11) is 0. The molecule has 0 fully saturated rings. The van der Waals surface area contributed by atoms with Crippen LogP contribution in [0.25, 0.3) is 72.5 Å². The first-order chi connectivity index (χ1) is 25.6. The lowest BCUT2D eigenvalue weighted by atomic mass is 9.80. The van der Waals surface area contributed by atoms with Gasteiger partial charge in [-0.3, -0.25) is 0 Å². The zero-order valence-corrected chi connectivity index (χ0v) is 28.8. The van der Waals surface area contributed by atoms with E-state index in [4.69, 9.17) is 0 Å². The van der Waals surface area contributed by atoms with Crippen molar-refractivity contribution in [2.24, 2.45) is 0 Å². The third-order valence-corrected chi connectivity index (χ3v) is 10.4. The maximum Gasteiger partial charge on any atom is 0.0992 e. The standard InChI is InChI=1S/C49H33N3/c1-2-32-19-21-42-39(27-36-13-6-7-15-41(36)45(42)25-32)28-37-14-10-17-43(49(37)35-11-4-3-5-12-35)38-23-34(31-51)24-40(29-38)52-47-18-9-8-16-44(47)46-26-33(30-50)20-22-48(46)52/h3-26,28-29H,2,27H2,1H3/b39-28-. The SMILES string of the molecule is CCc1ccc2c(c1)-c1ccccc1C/C2=C/c1cccc(-c2cc(C#N)cc(-n3c4ccccc4c4cc(C#N)ccc43)c2)c1-c1ccccc1. The highest BCUT2D eigenvalue weighted by Gasteiger charge is 2.22. The molecule has 1 aliphatic rings. The molecule has 0 aliphatic heterocycles.